The molecule has 2 amide bonds. The summed E-state index contributed by atoms with van der Waals surface area (Å²) in [6, 6.07) is 0.300. The molecular weight excluding hydrogens is 242 g/mol. The molecule has 1 fully saturated rings. The zero-order chi connectivity index (χ0) is 13.3. The van der Waals surface area contributed by atoms with Crippen molar-refractivity contribution in [2.75, 3.05) is 13.1 Å². The first-order valence-corrected chi connectivity index (χ1v) is 5.23. The minimum absolute atomic E-state index is 0.0755. The topological polar surface area (TPSA) is 113 Å². The van der Waals surface area contributed by atoms with Crippen molar-refractivity contribution >= 4 is 17.8 Å². The molecule has 8 heteroatoms. The third-order valence-electron chi connectivity index (χ3n) is 2.57. The van der Waals surface area contributed by atoms with E-state index in [1.54, 1.807) is 6.92 Å². The molecule has 1 aliphatic heterocycles. The van der Waals surface area contributed by atoms with Crippen LogP contribution in [0.2, 0.25) is 0 Å². The van der Waals surface area contributed by atoms with Crippen LogP contribution >= 0.6 is 0 Å². The van der Waals surface area contributed by atoms with Crippen LogP contribution in [0.15, 0.2) is 10.6 Å². The van der Waals surface area contributed by atoms with E-state index in [0.29, 0.717) is 5.69 Å². The van der Waals surface area contributed by atoms with E-state index in [1.165, 1.54) is 6.07 Å². The van der Waals surface area contributed by atoms with Gasteiger partial charge in [0.1, 0.15) is 12.6 Å². The molecule has 1 aromatic heterocycles. The molecule has 8 nitrogen and oxygen atoms in total. The summed E-state index contributed by atoms with van der Waals surface area (Å²) in [7, 11) is 0. The first-order valence-electron chi connectivity index (χ1n) is 5.23. The number of aliphatic carboxylic acids is 1. The maximum Gasteiger partial charge on any atom is 0.328 e. The van der Waals surface area contributed by atoms with Crippen LogP contribution in [0, 0.1) is 6.92 Å². The van der Waals surface area contributed by atoms with Gasteiger partial charge in [-0.05, 0) is 6.92 Å². The van der Waals surface area contributed by atoms with Crippen molar-refractivity contribution in [1.82, 2.24) is 15.4 Å². The number of nitrogens with zero attached hydrogens (tertiary/aromatic N) is 2. The van der Waals surface area contributed by atoms with Crippen molar-refractivity contribution in [1.29, 1.82) is 0 Å². The minimum Gasteiger partial charge on any atom is -0.480 e. The van der Waals surface area contributed by atoms with Gasteiger partial charge in [-0.25, -0.2) is 4.79 Å². The van der Waals surface area contributed by atoms with Crippen molar-refractivity contribution < 1.29 is 24.0 Å². The smallest absolute Gasteiger partial charge is 0.328 e. The Balaban J connectivity index is 2.25. The Bertz CT molecular complexity index is 509. The highest BCUT2D eigenvalue weighted by Gasteiger charge is 2.36. The third kappa shape index (κ3) is 2.17. The molecule has 1 atom stereocenters. The first-order chi connectivity index (χ1) is 8.49. The summed E-state index contributed by atoms with van der Waals surface area (Å²) in [5, 5.41) is 15.0. The van der Waals surface area contributed by atoms with Gasteiger partial charge in [0.15, 0.2) is 0 Å². The lowest BCUT2D eigenvalue weighted by Crippen LogP contribution is -2.59. The highest BCUT2D eigenvalue weighted by atomic mass is 16.5. The average Bonchev–Trinajstić information content (AvgIpc) is 2.74. The molecule has 0 saturated carbocycles. The lowest BCUT2D eigenvalue weighted by molar-refractivity contribution is -0.144. The van der Waals surface area contributed by atoms with Crippen LogP contribution in [0.1, 0.15) is 16.2 Å². The molecule has 18 heavy (non-hydrogen) atoms. The van der Waals surface area contributed by atoms with Crippen LogP contribution in [0.25, 0.3) is 0 Å². The first kappa shape index (κ1) is 12.1. The molecule has 0 aliphatic carbocycles. The van der Waals surface area contributed by atoms with E-state index in [2.05, 4.69) is 10.5 Å². The van der Waals surface area contributed by atoms with Crippen molar-refractivity contribution in [3.05, 3.63) is 17.5 Å². The molecule has 0 spiro atoms. The molecule has 1 saturated heterocycles. The molecule has 0 aromatic carbocycles. The Kier molecular flexibility index (Phi) is 3.00. The van der Waals surface area contributed by atoms with Gasteiger partial charge < -0.3 is 19.8 Å². The van der Waals surface area contributed by atoms with Gasteiger partial charge in [-0.15, -0.1) is 0 Å². The summed E-state index contributed by atoms with van der Waals surface area (Å²) < 4.78 is 4.78. The van der Waals surface area contributed by atoms with Crippen molar-refractivity contribution in [3.8, 4) is 0 Å². The number of aryl methyl sites for hydroxylation is 1. The number of hydrogen-bond donors (Lipinski definition) is 2. The van der Waals surface area contributed by atoms with Crippen molar-refractivity contribution in [2.45, 2.75) is 13.0 Å². The normalized spacial score (nSPS) is 19.5. The zero-order valence-electron chi connectivity index (χ0n) is 9.54. The molecule has 1 unspecified atom stereocenters. The van der Waals surface area contributed by atoms with Gasteiger partial charge in [0.2, 0.25) is 11.7 Å². The number of nitrogens with one attached hydrogen (secondary N) is 1. The second kappa shape index (κ2) is 4.47. The highest BCUT2D eigenvalue weighted by Crippen LogP contribution is 2.12. The van der Waals surface area contributed by atoms with Crippen LogP contribution in [-0.4, -0.2) is 52.1 Å². The molecule has 2 rings (SSSR count). The lowest BCUT2D eigenvalue weighted by Gasteiger charge is -2.31. The zero-order valence-corrected chi connectivity index (χ0v) is 9.54. The van der Waals surface area contributed by atoms with E-state index >= 15 is 0 Å². The minimum atomic E-state index is -1.18. The fourth-order valence-corrected chi connectivity index (χ4v) is 1.68. The number of amides is 2. The van der Waals surface area contributed by atoms with Gasteiger partial charge in [0, 0.05) is 12.6 Å². The Labute approximate surface area is 102 Å². The number of piperazine rings is 1. The number of aromatic nitrogens is 1. The number of carbonyl (C=O) groups is 3. The fourth-order valence-electron chi connectivity index (χ4n) is 1.68. The molecule has 96 valence electrons. The SMILES string of the molecule is Cc1cc(C(=O)N2CC(=O)NCC2C(=O)O)on1. The molecule has 0 bridgehead atoms. The number of carbonyl (C=O) groups excluding carboxylic acids is 2. The molecule has 1 aliphatic rings. The standard InChI is InChI=1S/C10H11N3O5/c1-5-2-7(18-12-5)9(15)13-4-8(14)11-3-6(13)10(16)17/h2,6H,3-4H2,1H3,(H,11,14)(H,16,17). The van der Waals surface area contributed by atoms with Gasteiger partial charge in [0.25, 0.3) is 5.91 Å². The molecule has 2 heterocycles. The Morgan fingerprint density at radius 1 is 1.61 bits per heavy atom. The van der Waals surface area contributed by atoms with E-state index in [1.807, 2.05) is 0 Å². The third-order valence-corrected chi connectivity index (χ3v) is 2.57. The van der Waals surface area contributed by atoms with E-state index in [-0.39, 0.29) is 18.8 Å². The number of hydrogen-bond acceptors (Lipinski definition) is 5. The van der Waals surface area contributed by atoms with Crippen LogP contribution < -0.4 is 5.32 Å². The number of carboxylic acid groups (broad SMARTS) is 1. The summed E-state index contributed by atoms with van der Waals surface area (Å²) in [4.78, 5) is 35.2. The molecular formula is C10H11N3O5. The second-order valence-electron chi connectivity index (χ2n) is 3.92. The van der Waals surface area contributed by atoms with Crippen molar-refractivity contribution in [2.24, 2.45) is 0 Å². The predicted molar refractivity (Wildman–Crippen MR) is 56.7 cm³/mol. The van der Waals surface area contributed by atoms with E-state index < -0.39 is 23.8 Å². The van der Waals surface area contributed by atoms with Crippen LogP contribution in [0.3, 0.4) is 0 Å². The van der Waals surface area contributed by atoms with Crippen molar-refractivity contribution in [3.63, 3.8) is 0 Å². The molecule has 2 N–H and O–H groups in total. The van der Waals surface area contributed by atoms with E-state index in [9.17, 15) is 14.4 Å². The van der Waals surface area contributed by atoms with Gasteiger partial charge in [0.05, 0.1) is 5.69 Å². The van der Waals surface area contributed by atoms with Crippen LogP contribution in [0.4, 0.5) is 0 Å². The predicted octanol–water partition coefficient (Wildman–Crippen LogP) is -0.992. The Morgan fingerprint density at radius 3 is 2.89 bits per heavy atom. The van der Waals surface area contributed by atoms with Crippen LogP contribution in [0.5, 0.6) is 0 Å². The quantitative estimate of drug-likeness (QED) is 0.699. The van der Waals surface area contributed by atoms with Gasteiger partial charge in [-0.3, -0.25) is 9.59 Å². The van der Waals surface area contributed by atoms with E-state index in [4.69, 9.17) is 9.63 Å². The summed E-state index contributed by atoms with van der Waals surface area (Å²) >= 11 is 0. The van der Waals surface area contributed by atoms with Crippen LogP contribution in [-0.2, 0) is 9.59 Å². The van der Waals surface area contributed by atoms with Gasteiger partial charge in [-0.2, -0.15) is 0 Å². The maximum atomic E-state index is 12.0. The summed E-state index contributed by atoms with van der Waals surface area (Å²) in [6.07, 6.45) is 0. The average molecular weight is 253 g/mol. The highest BCUT2D eigenvalue weighted by molar-refractivity contribution is 5.98. The Morgan fingerprint density at radius 2 is 2.33 bits per heavy atom. The maximum absolute atomic E-state index is 12.0. The lowest BCUT2D eigenvalue weighted by atomic mass is 10.1. The summed E-state index contributed by atoms with van der Waals surface area (Å²) in [5.41, 5.74) is 0.506. The summed E-state index contributed by atoms with van der Waals surface area (Å²) in [5.74, 6) is -2.32. The largest absolute Gasteiger partial charge is 0.480 e. The number of rotatable bonds is 2. The second-order valence-corrected chi connectivity index (χ2v) is 3.92. The van der Waals surface area contributed by atoms with Gasteiger partial charge in [-0.1, -0.05) is 5.16 Å². The summed E-state index contributed by atoms with van der Waals surface area (Å²) in [6.45, 7) is 1.21. The Hall–Kier alpha value is -2.38. The number of carboxylic acids is 1. The molecule has 1 aromatic rings. The molecule has 0 radical (unpaired) electrons. The van der Waals surface area contributed by atoms with Gasteiger partial charge >= 0.3 is 5.97 Å². The monoisotopic (exact) mass is 253 g/mol. The van der Waals surface area contributed by atoms with E-state index in [0.717, 1.165) is 4.90 Å². The fraction of sp³-hybridized carbons (Fsp3) is 0.400.